The fourth-order valence-corrected chi connectivity index (χ4v) is 5.06. The Labute approximate surface area is 285 Å². The maximum atomic E-state index is 13.6. The molecule has 0 radical (unpaired) electrons. The molecule has 5 rings (SSSR count). The number of carbonyl (C=O) groups is 3. The molecule has 0 saturated heterocycles. The van der Waals surface area contributed by atoms with E-state index in [-0.39, 0.29) is 26.1 Å². The Bertz CT molecular complexity index is 1790. The molecule has 0 aromatic heterocycles. The molecule has 0 aliphatic carbocycles. The number of carboxylic acids is 1. The van der Waals surface area contributed by atoms with Crippen molar-refractivity contribution in [1.82, 2.24) is 10.6 Å². The SMILES string of the molecule is O=C(N[C@@H](Cc1ccccc1)C(=O)N[C@H](Cc1ccc(OCc2ccccc2)c(OCc2ccccc2)c1)C(=O)O)OCc1ccccc1. The highest BCUT2D eigenvalue weighted by molar-refractivity contribution is 5.89. The van der Waals surface area contributed by atoms with Crippen molar-refractivity contribution in [2.75, 3.05) is 0 Å². The van der Waals surface area contributed by atoms with Crippen molar-refractivity contribution in [3.63, 3.8) is 0 Å². The van der Waals surface area contributed by atoms with Crippen LogP contribution in [0, 0.1) is 0 Å². The number of carbonyl (C=O) groups excluding carboxylic acids is 2. The van der Waals surface area contributed by atoms with Gasteiger partial charge in [-0.15, -0.1) is 0 Å². The van der Waals surface area contributed by atoms with Crippen molar-refractivity contribution < 1.29 is 33.7 Å². The van der Waals surface area contributed by atoms with Crippen LogP contribution in [-0.2, 0) is 47.0 Å². The van der Waals surface area contributed by atoms with E-state index < -0.39 is 30.1 Å². The third-order valence-electron chi connectivity index (χ3n) is 7.64. The number of rotatable bonds is 16. The molecule has 0 heterocycles. The van der Waals surface area contributed by atoms with Gasteiger partial charge in [-0.1, -0.05) is 127 Å². The van der Waals surface area contributed by atoms with Gasteiger partial charge in [-0.3, -0.25) is 4.79 Å². The smallest absolute Gasteiger partial charge is 0.408 e. The molecule has 250 valence electrons. The number of nitrogens with one attached hydrogen (secondary N) is 2. The van der Waals surface area contributed by atoms with Gasteiger partial charge >= 0.3 is 12.1 Å². The molecule has 2 atom stereocenters. The van der Waals surface area contributed by atoms with E-state index in [1.165, 1.54) is 0 Å². The Morgan fingerprint density at radius 1 is 0.510 bits per heavy atom. The summed E-state index contributed by atoms with van der Waals surface area (Å²) in [6.07, 6.45) is -0.707. The molecule has 3 N–H and O–H groups in total. The van der Waals surface area contributed by atoms with Gasteiger partial charge in [0.05, 0.1) is 0 Å². The van der Waals surface area contributed by atoms with Crippen LogP contribution in [0.1, 0.15) is 27.8 Å². The standard InChI is InChI=1S/C40H38N2O7/c43-38(34(23-29-13-5-1-6-14-29)42-40(46)49-28-32-19-11-4-12-20-32)41-35(39(44)45)24-33-21-22-36(47-26-30-15-7-2-8-16-30)37(25-33)48-27-31-17-9-3-10-18-31/h1-22,25,34-35H,23-24,26-28H2,(H,41,43)(H,42,46)(H,44,45)/t34-,35+/m0/s1. The molecule has 49 heavy (non-hydrogen) atoms. The van der Waals surface area contributed by atoms with Gasteiger partial charge in [0.1, 0.15) is 31.9 Å². The number of alkyl carbamates (subject to hydrolysis) is 1. The predicted octanol–water partition coefficient (Wildman–Crippen LogP) is 6.49. The minimum absolute atomic E-state index is 0.0177. The zero-order chi connectivity index (χ0) is 34.3. The highest BCUT2D eigenvalue weighted by atomic mass is 16.5. The van der Waals surface area contributed by atoms with Crippen LogP contribution in [0.4, 0.5) is 4.79 Å². The highest BCUT2D eigenvalue weighted by Gasteiger charge is 2.28. The number of benzene rings is 5. The molecule has 0 bridgehead atoms. The summed E-state index contributed by atoms with van der Waals surface area (Å²) in [6, 6.07) is 40.5. The van der Waals surface area contributed by atoms with Gasteiger partial charge in [-0.25, -0.2) is 9.59 Å². The van der Waals surface area contributed by atoms with Crippen molar-refractivity contribution in [2.45, 2.75) is 44.7 Å². The van der Waals surface area contributed by atoms with E-state index >= 15 is 0 Å². The first kappa shape index (κ1) is 34.3. The van der Waals surface area contributed by atoms with Gasteiger partial charge in [-0.05, 0) is 39.9 Å². The van der Waals surface area contributed by atoms with Crippen LogP contribution in [0.15, 0.2) is 140 Å². The lowest BCUT2D eigenvalue weighted by Crippen LogP contribution is -2.53. The zero-order valence-electron chi connectivity index (χ0n) is 26.9. The first-order chi connectivity index (χ1) is 23.9. The van der Waals surface area contributed by atoms with Crippen molar-refractivity contribution in [3.8, 4) is 11.5 Å². The summed E-state index contributed by atoms with van der Waals surface area (Å²) in [5.74, 6) is -0.941. The third kappa shape index (κ3) is 11.0. The lowest BCUT2D eigenvalue weighted by molar-refractivity contribution is -0.142. The van der Waals surface area contributed by atoms with Crippen LogP contribution in [0.2, 0.25) is 0 Å². The summed E-state index contributed by atoms with van der Waals surface area (Å²) in [7, 11) is 0. The van der Waals surface area contributed by atoms with Crippen molar-refractivity contribution >= 4 is 18.0 Å². The maximum Gasteiger partial charge on any atom is 0.408 e. The first-order valence-electron chi connectivity index (χ1n) is 15.9. The fourth-order valence-electron chi connectivity index (χ4n) is 5.06. The number of amides is 2. The first-order valence-corrected chi connectivity index (χ1v) is 15.9. The number of aliphatic carboxylic acids is 1. The lowest BCUT2D eigenvalue weighted by atomic mass is 10.0. The quantitative estimate of drug-likeness (QED) is 0.111. The Morgan fingerprint density at radius 3 is 1.51 bits per heavy atom. The van der Waals surface area contributed by atoms with E-state index in [9.17, 15) is 19.5 Å². The Morgan fingerprint density at radius 2 is 0.980 bits per heavy atom. The molecule has 5 aromatic carbocycles. The Balaban J connectivity index is 1.29. The molecule has 9 heteroatoms. The minimum Gasteiger partial charge on any atom is -0.485 e. The summed E-state index contributed by atoms with van der Waals surface area (Å²) in [5.41, 5.74) is 4.12. The summed E-state index contributed by atoms with van der Waals surface area (Å²) in [4.78, 5) is 38.8. The van der Waals surface area contributed by atoms with Crippen molar-refractivity contribution in [1.29, 1.82) is 0 Å². The second-order valence-corrected chi connectivity index (χ2v) is 11.4. The predicted molar refractivity (Wildman–Crippen MR) is 185 cm³/mol. The van der Waals surface area contributed by atoms with Crippen LogP contribution in [0.3, 0.4) is 0 Å². The van der Waals surface area contributed by atoms with Gasteiger partial charge < -0.3 is 30.0 Å². The van der Waals surface area contributed by atoms with Gasteiger partial charge in [0.25, 0.3) is 0 Å². The second kappa shape index (κ2) is 17.7. The molecular weight excluding hydrogens is 620 g/mol. The molecule has 0 aliphatic heterocycles. The summed E-state index contributed by atoms with van der Waals surface area (Å²) >= 11 is 0. The summed E-state index contributed by atoms with van der Waals surface area (Å²) < 4.78 is 17.6. The second-order valence-electron chi connectivity index (χ2n) is 11.4. The van der Waals surface area contributed by atoms with E-state index in [0.29, 0.717) is 23.7 Å². The van der Waals surface area contributed by atoms with Crippen LogP contribution in [0.5, 0.6) is 11.5 Å². The number of hydrogen-bond donors (Lipinski definition) is 3. The monoisotopic (exact) mass is 658 g/mol. The number of ether oxygens (including phenoxy) is 3. The average molecular weight is 659 g/mol. The largest absolute Gasteiger partial charge is 0.485 e. The van der Waals surface area contributed by atoms with E-state index in [1.54, 1.807) is 18.2 Å². The van der Waals surface area contributed by atoms with Crippen LogP contribution < -0.4 is 20.1 Å². The van der Waals surface area contributed by atoms with Crippen molar-refractivity contribution in [2.24, 2.45) is 0 Å². The van der Waals surface area contributed by atoms with E-state index in [4.69, 9.17) is 14.2 Å². The lowest BCUT2D eigenvalue weighted by Gasteiger charge is -2.22. The maximum absolute atomic E-state index is 13.6. The third-order valence-corrected chi connectivity index (χ3v) is 7.64. The van der Waals surface area contributed by atoms with Gasteiger partial charge in [0.15, 0.2) is 11.5 Å². The Kier molecular flexibility index (Phi) is 12.4. The number of carboxylic acid groups (broad SMARTS) is 1. The molecule has 0 spiro atoms. The van der Waals surface area contributed by atoms with Gasteiger partial charge in [-0.2, -0.15) is 0 Å². The molecule has 5 aromatic rings. The van der Waals surface area contributed by atoms with E-state index in [2.05, 4.69) is 10.6 Å². The van der Waals surface area contributed by atoms with E-state index in [1.807, 2.05) is 121 Å². The Hall–Kier alpha value is -6.09. The molecular formula is C40H38N2O7. The minimum atomic E-state index is -1.30. The van der Waals surface area contributed by atoms with E-state index in [0.717, 1.165) is 22.3 Å². The molecule has 0 aliphatic rings. The topological polar surface area (TPSA) is 123 Å². The summed E-state index contributed by atoms with van der Waals surface area (Å²) in [6.45, 7) is 0.613. The average Bonchev–Trinajstić information content (AvgIpc) is 3.13. The fraction of sp³-hybridized carbons (Fsp3) is 0.175. The molecule has 9 nitrogen and oxygen atoms in total. The van der Waals surface area contributed by atoms with Gasteiger partial charge in [0, 0.05) is 12.8 Å². The molecule has 0 fully saturated rings. The van der Waals surface area contributed by atoms with Crippen LogP contribution in [0.25, 0.3) is 0 Å². The summed E-state index contributed by atoms with van der Waals surface area (Å²) in [5, 5.41) is 15.4. The highest BCUT2D eigenvalue weighted by Crippen LogP contribution is 2.31. The van der Waals surface area contributed by atoms with Crippen LogP contribution >= 0.6 is 0 Å². The molecule has 2 amide bonds. The van der Waals surface area contributed by atoms with Gasteiger partial charge in [0.2, 0.25) is 5.91 Å². The molecule has 0 unspecified atom stereocenters. The molecule has 0 saturated carbocycles. The van der Waals surface area contributed by atoms with Crippen molar-refractivity contribution in [3.05, 3.63) is 167 Å². The number of hydrogen-bond acceptors (Lipinski definition) is 6. The zero-order valence-corrected chi connectivity index (χ0v) is 26.9. The van der Waals surface area contributed by atoms with Crippen LogP contribution in [-0.4, -0.2) is 35.2 Å². The normalized spacial score (nSPS) is 11.8.